The second-order valence-electron chi connectivity index (χ2n) is 8.33. The predicted octanol–water partition coefficient (Wildman–Crippen LogP) is 3.43. The summed E-state index contributed by atoms with van der Waals surface area (Å²) in [6, 6.07) is 15.0. The minimum Gasteiger partial charge on any atom is -0.392 e. The Morgan fingerprint density at radius 2 is 1.97 bits per heavy atom. The van der Waals surface area contributed by atoms with Crippen molar-refractivity contribution in [2.45, 2.75) is 44.1 Å². The van der Waals surface area contributed by atoms with E-state index in [1.807, 2.05) is 55.5 Å². The van der Waals surface area contributed by atoms with Crippen molar-refractivity contribution in [2.24, 2.45) is 13.0 Å². The molecule has 2 amide bonds. The van der Waals surface area contributed by atoms with Gasteiger partial charge in [0.2, 0.25) is 5.16 Å². The molecule has 35 heavy (non-hydrogen) atoms. The predicted molar refractivity (Wildman–Crippen MR) is 132 cm³/mol. The molecular formula is C24H30N6O4S. The van der Waals surface area contributed by atoms with E-state index < -0.39 is 6.29 Å². The van der Waals surface area contributed by atoms with E-state index in [0.29, 0.717) is 23.1 Å². The van der Waals surface area contributed by atoms with Crippen LogP contribution >= 0.6 is 11.8 Å². The number of hydrogen-bond acceptors (Lipinski definition) is 8. The molecule has 3 aromatic rings. The highest BCUT2D eigenvalue weighted by atomic mass is 32.2. The lowest BCUT2D eigenvalue weighted by molar-refractivity contribution is -0.268. The van der Waals surface area contributed by atoms with Gasteiger partial charge >= 0.3 is 6.03 Å². The molecule has 2 heterocycles. The van der Waals surface area contributed by atoms with Crippen LogP contribution in [0, 0.1) is 5.92 Å². The number of nitrogens with zero attached hydrogens (tertiary/aromatic N) is 4. The SMILES string of the molecule is CCNC(=O)Nc1cccc([C@@H]2O[C@H](CSc3nnnn3C)[C@H](C)[C@H](c3ccc(CO)cc3)O2)c1. The van der Waals surface area contributed by atoms with Gasteiger partial charge in [-0.05, 0) is 40.6 Å². The first-order valence-electron chi connectivity index (χ1n) is 11.5. The highest BCUT2D eigenvalue weighted by Gasteiger charge is 2.38. The summed E-state index contributed by atoms with van der Waals surface area (Å²) in [7, 11) is 1.80. The van der Waals surface area contributed by atoms with Gasteiger partial charge in [0.25, 0.3) is 0 Å². The second-order valence-corrected chi connectivity index (χ2v) is 9.32. The van der Waals surface area contributed by atoms with Crippen LogP contribution in [0.4, 0.5) is 10.5 Å². The lowest BCUT2D eigenvalue weighted by Gasteiger charge is -2.41. The number of urea groups is 1. The van der Waals surface area contributed by atoms with E-state index in [9.17, 15) is 9.90 Å². The number of benzene rings is 2. The number of amides is 2. The van der Waals surface area contributed by atoms with Gasteiger partial charge in [0.1, 0.15) is 0 Å². The van der Waals surface area contributed by atoms with Crippen molar-refractivity contribution in [3.05, 3.63) is 65.2 Å². The van der Waals surface area contributed by atoms with E-state index in [1.54, 1.807) is 11.7 Å². The number of hydrogen-bond donors (Lipinski definition) is 3. The summed E-state index contributed by atoms with van der Waals surface area (Å²) in [5.74, 6) is 0.675. The van der Waals surface area contributed by atoms with Crippen LogP contribution in [0.25, 0.3) is 0 Å². The smallest absolute Gasteiger partial charge is 0.319 e. The molecule has 1 fully saturated rings. The Labute approximate surface area is 208 Å². The first-order valence-corrected chi connectivity index (χ1v) is 12.5. The molecule has 10 nitrogen and oxygen atoms in total. The van der Waals surface area contributed by atoms with Crippen LogP contribution in [0.15, 0.2) is 53.7 Å². The van der Waals surface area contributed by atoms with Crippen LogP contribution in [-0.4, -0.2) is 49.7 Å². The number of aryl methyl sites for hydroxylation is 1. The summed E-state index contributed by atoms with van der Waals surface area (Å²) in [6.45, 7) is 4.50. The van der Waals surface area contributed by atoms with E-state index in [-0.39, 0.29) is 30.8 Å². The average molecular weight is 499 g/mol. The highest BCUT2D eigenvalue weighted by Crippen LogP contribution is 2.43. The maximum atomic E-state index is 12.0. The van der Waals surface area contributed by atoms with Crippen LogP contribution in [0.1, 0.15) is 42.9 Å². The van der Waals surface area contributed by atoms with Crippen molar-refractivity contribution in [1.82, 2.24) is 25.5 Å². The minimum atomic E-state index is -0.632. The maximum absolute atomic E-state index is 12.0. The fourth-order valence-electron chi connectivity index (χ4n) is 3.91. The van der Waals surface area contributed by atoms with Gasteiger partial charge in [0, 0.05) is 36.5 Å². The first-order chi connectivity index (χ1) is 17.0. The number of rotatable bonds is 8. The Morgan fingerprint density at radius 1 is 1.17 bits per heavy atom. The number of tetrazole rings is 1. The van der Waals surface area contributed by atoms with E-state index in [4.69, 9.17) is 9.47 Å². The van der Waals surface area contributed by atoms with Gasteiger partial charge < -0.3 is 25.2 Å². The molecule has 3 N–H and O–H groups in total. The summed E-state index contributed by atoms with van der Waals surface area (Å²) < 4.78 is 14.5. The Morgan fingerprint density at radius 3 is 2.66 bits per heavy atom. The van der Waals surface area contributed by atoms with Gasteiger partial charge in [-0.25, -0.2) is 9.48 Å². The Hall–Kier alpha value is -2.99. The van der Waals surface area contributed by atoms with Crippen LogP contribution in [0.3, 0.4) is 0 Å². The number of nitrogens with one attached hydrogen (secondary N) is 2. The zero-order chi connectivity index (χ0) is 24.8. The lowest BCUT2D eigenvalue weighted by Crippen LogP contribution is -2.38. The largest absolute Gasteiger partial charge is 0.392 e. The molecule has 0 bridgehead atoms. The molecule has 0 saturated carbocycles. The summed E-state index contributed by atoms with van der Waals surface area (Å²) in [4.78, 5) is 12.0. The van der Waals surface area contributed by atoms with Crippen molar-refractivity contribution in [2.75, 3.05) is 17.6 Å². The number of carbonyl (C=O) groups excluding carboxylic acids is 1. The number of aromatic nitrogens is 4. The third-order valence-corrected chi connectivity index (χ3v) is 6.93. The average Bonchev–Trinajstić information content (AvgIpc) is 3.28. The molecule has 1 aliphatic heterocycles. The summed E-state index contributed by atoms with van der Waals surface area (Å²) in [6.07, 6.45) is -1.02. The number of thioether (sulfide) groups is 1. The van der Waals surface area contributed by atoms with E-state index in [0.717, 1.165) is 16.7 Å². The van der Waals surface area contributed by atoms with Crippen molar-refractivity contribution in [3.8, 4) is 0 Å². The van der Waals surface area contributed by atoms with E-state index in [1.165, 1.54) is 11.8 Å². The molecule has 1 aromatic heterocycles. The Balaban J connectivity index is 1.58. The third-order valence-electron chi connectivity index (χ3n) is 5.84. The molecule has 2 aromatic carbocycles. The van der Waals surface area contributed by atoms with Crippen molar-refractivity contribution < 1.29 is 19.4 Å². The number of carbonyl (C=O) groups is 1. The zero-order valence-corrected chi connectivity index (χ0v) is 20.7. The Bertz CT molecular complexity index is 1130. The van der Waals surface area contributed by atoms with Gasteiger partial charge in [-0.2, -0.15) is 0 Å². The van der Waals surface area contributed by atoms with Gasteiger partial charge in [-0.15, -0.1) is 5.10 Å². The topological polar surface area (TPSA) is 123 Å². The fraction of sp³-hybridized carbons (Fsp3) is 0.417. The molecule has 186 valence electrons. The molecule has 0 radical (unpaired) electrons. The van der Waals surface area contributed by atoms with Gasteiger partial charge in [0.15, 0.2) is 6.29 Å². The maximum Gasteiger partial charge on any atom is 0.319 e. The van der Waals surface area contributed by atoms with Crippen molar-refractivity contribution in [3.63, 3.8) is 0 Å². The number of ether oxygens (including phenoxy) is 2. The molecule has 0 aliphatic carbocycles. The fourth-order valence-corrected chi connectivity index (χ4v) is 4.92. The monoisotopic (exact) mass is 498 g/mol. The molecule has 4 atom stereocenters. The molecular weight excluding hydrogens is 468 g/mol. The Kier molecular flexibility index (Phi) is 8.34. The quantitative estimate of drug-likeness (QED) is 0.404. The molecule has 0 unspecified atom stereocenters. The number of aliphatic hydroxyl groups is 1. The summed E-state index contributed by atoms with van der Waals surface area (Å²) in [5.41, 5.74) is 3.31. The van der Waals surface area contributed by atoms with Crippen molar-refractivity contribution >= 4 is 23.5 Å². The van der Waals surface area contributed by atoms with Gasteiger partial charge in [-0.3, -0.25) is 0 Å². The first kappa shape index (κ1) is 25.1. The highest BCUT2D eigenvalue weighted by molar-refractivity contribution is 7.99. The standard InChI is InChI=1S/C24H30N6O4S/c1-4-25-23(32)26-19-7-5-6-18(12-19)22-33-20(14-35-24-27-28-29-30(24)3)15(2)21(34-22)17-10-8-16(13-31)9-11-17/h5-12,15,20-22,31H,4,13-14H2,1-3H3,(H2,25,26,32)/t15-,20+,21+,22+/m0/s1. The van der Waals surface area contributed by atoms with Crippen LogP contribution in [0.5, 0.6) is 0 Å². The normalized spacial score (nSPS) is 22.1. The van der Waals surface area contributed by atoms with Gasteiger partial charge in [-0.1, -0.05) is 55.1 Å². The van der Waals surface area contributed by atoms with Crippen molar-refractivity contribution in [1.29, 1.82) is 0 Å². The summed E-state index contributed by atoms with van der Waals surface area (Å²) in [5, 5.41) is 27.4. The van der Waals surface area contributed by atoms with E-state index in [2.05, 4.69) is 33.1 Å². The number of aliphatic hydroxyl groups excluding tert-OH is 1. The summed E-state index contributed by atoms with van der Waals surface area (Å²) >= 11 is 1.53. The minimum absolute atomic E-state index is 0.0104. The molecule has 1 aliphatic rings. The van der Waals surface area contributed by atoms with Gasteiger partial charge in [0.05, 0.1) is 18.8 Å². The third kappa shape index (κ3) is 6.17. The molecule has 4 rings (SSSR count). The van der Waals surface area contributed by atoms with Crippen LogP contribution < -0.4 is 10.6 Å². The molecule has 11 heteroatoms. The van der Waals surface area contributed by atoms with Crippen LogP contribution in [-0.2, 0) is 23.1 Å². The van der Waals surface area contributed by atoms with Crippen LogP contribution in [0.2, 0.25) is 0 Å². The second kappa shape index (κ2) is 11.6. The molecule has 0 spiro atoms. The molecule has 1 saturated heterocycles. The number of anilines is 1. The lowest BCUT2D eigenvalue weighted by atomic mass is 9.91. The zero-order valence-electron chi connectivity index (χ0n) is 19.9. The van der Waals surface area contributed by atoms with E-state index >= 15 is 0 Å².